The molecule has 1 saturated heterocycles. The Morgan fingerprint density at radius 1 is 1.71 bits per heavy atom. The van der Waals surface area contributed by atoms with Crippen LogP contribution in [0.4, 0.5) is 0 Å². The Hall–Kier alpha value is -0.0800. The maximum absolute atomic E-state index is 6.94. The molecule has 0 saturated carbocycles. The fourth-order valence-electron chi connectivity index (χ4n) is 0.931. The van der Waals surface area contributed by atoms with Crippen LogP contribution in [-0.2, 0) is 0 Å². The van der Waals surface area contributed by atoms with E-state index in [1.807, 2.05) is 0 Å². The highest BCUT2D eigenvalue weighted by Gasteiger charge is 2.13. The highest BCUT2D eigenvalue weighted by molar-refractivity contribution is 4.71. The van der Waals surface area contributed by atoms with Gasteiger partial charge in [-0.15, -0.1) is 0 Å². The van der Waals surface area contributed by atoms with Crippen molar-refractivity contribution in [2.75, 3.05) is 13.2 Å². The van der Waals surface area contributed by atoms with Gasteiger partial charge >= 0.3 is 0 Å². The summed E-state index contributed by atoms with van der Waals surface area (Å²) in [5.74, 6) is 0. The molecule has 1 heterocycles. The van der Waals surface area contributed by atoms with Crippen LogP contribution in [0.3, 0.4) is 0 Å². The molecule has 0 unspecified atom stereocenters. The highest BCUT2D eigenvalue weighted by Crippen LogP contribution is 2.02. The topological polar surface area (TPSA) is 34.9 Å². The van der Waals surface area contributed by atoms with Crippen molar-refractivity contribution in [2.24, 2.45) is 0 Å². The molecule has 2 nitrogen and oxygen atoms in total. The van der Waals surface area contributed by atoms with E-state index in [-0.39, 0.29) is 0 Å². The van der Waals surface area contributed by atoms with E-state index in [0.29, 0.717) is 12.6 Å². The molecule has 2 heteroatoms. The molecular weight excluding hydrogens is 90.1 g/mol. The summed E-state index contributed by atoms with van der Waals surface area (Å²) in [6.45, 7) is 1.68. The van der Waals surface area contributed by atoms with Crippen LogP contribution in [0.5, 0.6) is 0 Å². The zero-order valence-corrected chi connectivity index (χ0v) is 4.41. The van der Waals surface area contributed by atoms with Gasteiger partial charge in [0.25, 0.3) is 0 Å². The van der Waals surface area contributed by atoms with E-state index in [0.717, 1.165) is 6.54 Å². The average Bonchev–Trinajstić information content (AvgIpc) is 2.14. The first-order valence-corrected chi connectivity index (χ1v) is 2.81. The molecule has 0 spiro atoms. The molecule has 0 bridgehead atoms. The summed E-state index contributed by atoms with van der Waals surface area (Å²) in [5.41, 5.74) is 0. The summed E-state index contributed by atoms with van der Waals surface area (Å²) < 4.78 is 0. The summed E-state index contributed by atoms with van der Waals surface area (Å²) in [6.07, 6.45) is 2.48. The van der Waals surface area contributed by atoms with Gasteiger partial charge in [-0.3, -0.25) is 0 Å². The van der Waals surface area contributed by atoms with E-state index in [9.17, 15) is 0 Å². The van der Waals surface area contributed by atoms with Gasteiger partial charge in [0.05, 0.1) is 6.04 Å². The van der Waals surface area contributed by atoms with Crippen LogP contribution in [0.1, 0.15) is 12.8 Å². The first-order chi connectivity index (χ1) is 3.43. The van der Waals surface area contributed by atoms with E-state index in [1.165, 1.54) is 12.8 Å². The van der Waals surface area contributed by atoms with Crippen molar-refractivity contribution in [1.29, 1.82) is 0 Å². The third kappa shape index (κ3) is 1.14. The predicted molar refractivity (Wildman–Crippen MR) is 29.5 cm³/mol. The van der Waals surface area contributed by atoms with Crippen molar-refractivity contribution >= 4 is 0 Å². The van der Waals surface area contributed by atoms with Gasteiger partial charge in [0, 0.05) is 0 Å². The van der Waals surface area contributed by atoms with Crippen LogP contribution >= 0.6 is 0 Å². The first-order valence-electron chi connectivity index (χ1n) is 2.81. The lowest BCUT2D eigenvalue weighted by atomic mass is 10.2. The molecule has 1 aliphatic heterocycles. The maximum atomic E-state index is 6.94. The van der Waals surface area contributed by atoms with Crippen LogP contribution in [0.15, 0.2) is 0 Å². The number of hydrogen-bond acceptors (Lipinski definition) is 1. The number of rotatable bonds is 1. The van der Waals surface area contributed by atoms with Gasteiger partial charge in [0.2, 0.25) is 0 Å². The van der Waals surface area contributed by atoms with Gasteiger partial charge in [0.15, 0.2) is 6.61 Å². The van der Waals surface area contributed by atoms with Crippen LogP contribution < -0.4 is 5.32 Å². The Bertz CT molecular complexity index is 50.0. The molecule has 0 radical (unpaired) electrons. The summed E-state index contributed by atoms with van der Waals surface area (Å²) in [6, 6.07) is 0.514. The summed E-state index contributed by atoms with van der Waals surface area (Å²) in [7, 11) is 0. The van der Waals surface area contributed by atoms with Gasteiger partial charge < -0.3 is 10.4 Å². The molecule has 0 aromatic rings. The van der Waals surface area contributed by atoms with E-state index < -0.39 is 0 Å². The minimum Gasteiger partial charge on any atom is -0.444 e. The second kappa shape index (κ2) is 2.28. The summed E-state index contributed by atoms with van der Waals surface area (Å²) in [5, 5.41) is 10.2. The van der Waals surface area contributed by atoms with Crippen LogP contribution in [-0.4, -0.2) is 24.3 Å². The molecule has 1 aliphatic rings. The zero-order chi connectivity index (χ0) is 5.11. The van der Waals surface area contributed by atoms with Crippen molar-refractivity contribution in [3.63, 3.8) is 0 Å². The van der Waals surface area contributed by atoms with Crippen LogP contribution in [0, 0.1) is 0 Å². The van der Waals surface area contributed by atoms with Crippen molar-refractivity contribution in [1.82, 2.24) is 5.32 Å². The van der Waals surface area contributed by atoms with Crippen LogP contribution in [0.25, 0.3) is 0 Å². The van der Waals surface area contributed by atoms with E-state index >= 15 is 0 Å². The van der Waals surface area contributed by atoms with E-state index in [1.54, 1.807) is 0 Å². The second-order valence-electron chi connectivity index (χ2n) is 2.00. The molecule has 0 aromatic heterocycles. The molecule has 3 N–H and O–H groups in total. The average molecular weight is 102 g/mol. The Balaban J connectivity index is 2.14. The predicted octanol–water partition coefficient (Wildman–Crippen LogP) is -0.537. The quantitative estimate of drug-likeness (QED) is 0.443. The molecule has 42 valence electrons. The fourth-order valence-corrected chi connectivity index (χ4v) is 0.931. The summed E-state index contributed by atoms with van der Waals surface area (Å²) in [4.78, 5) is 0. The molecule has 0 amide bonds. The standard InChI is InChI=1S/C5H11NO/c7-4-5-2-1-3-6-5/h5-7H,1-4H2/p+1/t5-/m1/s1. The Morgan fingerprint density at radius 3 is 2.86 bits per heavy atom. The molecule has 0 aliphatic carbocycles. The fraction of sp³-hybridized carbons (Fsp3) is 1.00. The van der Waals surface area contributed by atoms with Gasteiger partial charge in [-0.05, 0) is 19.4 Å². The first kappa shape index (κ1) is 5.06. The van der Waals surface area contributed by atoms with Crippen molar-refractivity contribution < 1.29 is 5.11 Å². The Kier molecular flexibility index (Phi) is 1.65. The lowest BCUT2D eigenvalue weighted by Crippen LogP contribution is -2.24. The SMILES string of the molecule is [OH2+]C[C@H]1CCCN1. The highest BCUT2D eigenvalue weighted by atomic mass is 16.3. The van der Waals surface area contributed by atoms with Crippen molar-refractivity contribution in [3.8, 4) is 0 Å². The largest absolute Gasteiger partial charge is 0.444 e. The monoisotopic (exact) mass is 102 g/mol. The van der Waals surface area contributed by atoms with Gasteiger partial charge in [-0.2, -0.15) is 0 Å². The van der Waals surface area contributed by atoms with Crippen molar-refractivity contribution in [2.45, 2.75) is 18.9 Å². The third-order valence-electron chi connectivity index (χ3n) is 1.41. The van der Waals surface area contributed by atoms with Gasteiger partial charge in [-0.1, -0.05) is 0 Å². The molecular formula is C5H12NO+. The lowest BCUT2D eigenvalue weighted by Gasteiger charge is -1.98. The third-order valence-corrected chi connectivity index (χ3v) is 1.41. The molecule has 0 aromatic carbocycles. The number of hydrogen-bond donors (Lipinski definition) is 1. The lowest BCUT2D eigenvalue weighted by molar-refractivity contribution is 0.255. The Labute approximate surface area is 43.5 Å². The summed E-state index contributed by atoms with van der Waals surface area (Å²) >= 11 is 0. The number of nitrogens with one attached hydrogen (secondary N) is 1. The van der Waals surface area contributed by atoms with E-state index in [2.05, 4.69) is 5.32 Å². The minimum atomic E-state index is 0.514. The van der Waals surface area contributed by atoms with Crippen LogP contribution in [0.2, 0.25) is 0 Å². The molecule has 1 rings (SSSR count). The normalized spacial score (nSPS) is 31.3. The van der Waals surface area contributed by atoms with Gasteiger partial charge in [-0.25, -0.2) is 0 Å². The maximum Gasteiger partial charge on any atom is 0.159 e. The smallest absolute Gasteiger partial charge is 0.159 e. The molecule has 7 heavy (non-hydrogen) atoms. The Morgan fingerprint density at radius 2 is 2.57 bits per heavy atom. The van der Waals surface area contributed by atoms with E-state index in [4.69, 9.17) is 5.11 Å². The second-order valence-corrected chi connectivity index (χ2v) is 2.00. The zero-order valence-electron chi connectivity index (χ0n) is 4.41. The van der Waals surface area contributed by atoms with Gasteiger partial charge in [0.1, 0.15) is 0 Å². The van der Waals surface area contributed by atoms with Crippen molar-refractivity contribution in [3.05, 3.63) is 0 Å². The minimum absolute atomic E-state index is 0.514. The molecule has 1 atom stereocenters. The molecule has 1 fully saturated rings.